The predicted molar refractivity (Wildman–Crippen MR) is 59.3 cm³/mol. The fraction of sp³-hybridized carbons (Fsp3) is 0.300. The number of hydrogen-bond donors (Lipinski definition) is 2. The highest BCUT2D eigenvalue weighted by Crippen LogP contribution is 2.35. The summed E-state index contributed by atoms with van der Waals surface area (Å²) in [5.74, 6) is -1.45. The van der Waals surface area contributed by atoms with Crippen molar-refractivity contribution < 1.29 is 19.0 Å². The first-order chi connectivity index (χ1) is 7.51. The largest absolute Gasteiger partial charge is 0.495 e. The fourth-order valence-corrected chi connectivity index (χ4v) is 1.94. The fourth-order valence-electron chi connectivity index (χ4n) is 1.32. The maximum Gasteiger partial charge on any atom is 0.325 e. The molecule has 0 spiro atoms. The van der Waals surface area contributed by atoms with Gasteiger partial charge in [0.2, 0.25) is 0 Å². The Kier molecular flexibility index (Phi) is 4.14. The summed E-state index contributed by atoms with van der Waals surface area (Å²) in [6.45, 7) is 0. The minimum absolute atomic E-state index is 0.138. The summed E-state index contributed by atoms with van der Waals surface area (Å²) in [4.78, 5) is 11.3. The van der Waals surface area contributed by atoms with Gasteiger partial charge in [0.05, 0.1) is 12.0 Å². The minimum Gasteiger partial charge on any atom is -0.495 e. The number of methoxy groups -OCH3 is 1. The zero-order valence-corrected chi connectivity index (χ0v) is 9.68. The second-order valence-corrected chi connectivity index (χ2v) is 3.89. The standard InChI is InChI=1S/C10H12FNO3S/c1-15-9-6(8(12)10(13)14)3-5(11)4-7(9)16-2/h3-4,8H,12H2,1-2H3,(H,13,14). The van der Waals surface area contributed by atoms with Gasteiger partial charge in [-0.25, -0.2) is 4.39 Å². The van der Waals surface area contributed by atoms with Crippen LogP contribution in [0.25, 0.3) is 0 Å². The van der Waals surface area contributed by atoms with E-state index in [9.17, 15) is 9.18 Å². The molecule has 0 bridgehead atoms. The smallest absolute Gasteiger partial charge is 0.325 e. The zero-order chi connectivity index (χ0) is 12.3. The summed E-state index contributed by atoms with van der Waals surface area (Å²) in [5.41, 5.74) is 5.59. The molecule has 1 unspecified atom stereocenters. The lowest BCUT2D eigenvalue weighted by molar-refractivity contribution is -0.138. The lowest BCUT2D eigenvalue weighted by Crippen LogP contribution is -2.21. The van der Waals surface area contributed by atoms with Crippen molar-refractivity contribution in [1.82, 2.24) is 0 Å². The molecule has 0 saturated carbocycles. The molecule has 0 aromatic heterocycles. The molecule has 1 aromatic rings. The Morgan fingerprint density at radius 3 is 2.69 bits per heavy atom. The lowest BCUT2D eigenvalue weighted by Gasteiger charge is -2.15. The zero-order valence-electron chi connectivity index (χ0n) is 8.86. The highest BCUT2D eigenvalue weighted by molar-refractivity contribution is 7.98. The molecule has 4 nitrogen and oxygen atoms in total. The molecule has 6 heteroatoms. The van der Waals surface area contributed by atoms with Crippen molar-refractivity contribution >= 4 is 17.7 Å². The third-order valence-electron chi connectivity index (χ3n) is 2.07. The third-order valence-corrected chi connectivity index (χ3v) is 2.82. The number of hydrogen-bond acceptors (Lipinski definition) is 4. The average Bonchev–Trinajstić information content (AvgIpc) is 2.26. The topological polar surface area (TPSA) is 72.5 Å². The number of carbonyl (C=O) groups is 1. The molecule has 0 saturated heterocycles. The van der Waals surface area contributed by atoms with Crippen molar-refractivity contribution in [2.45, 2.75) is 10.9 Å². The monoisotopic (exact) mass is 245 g/mol. The maximum absolute atomic E-state index is 13.2. The van der Waals surface area contributed by atoms with Gasteiger partial charge in [-0.2, -0.15) is 0 Å². The Hall–Kier alpha value is -1.27. The Labute approximate surface area is 96.6 Å². The van der Waals surface area contributed by atoms with Gasteiger partial charge >= 0.3 is 5.97 Å². The number of nitrogens with two attached hydrogens (primary N) is 1. The van der Waals surface area contributed by atoms with Gasteiger partial charge < -0.3 is 15.6 Å². The molecule has 1 atom stereocenters. The Morgan fingerprint density at radius 2 is 2.25 bits per heavy atom. The van der Waals surface area contributed by atoms with E-state index in [-0.39, 0.29) is 5.56 Å². The third kappa shape index (κ3) is 2.45. The molecule has 0 radical (unpaired) electrons. The second-order valence-electron chi connectivity index (χ2n) is 3.05. The van der Waals surface area contributed by atoms with Crippen LogP contribution in [0.4, 0.5) is 4.39 Å². The van der Waals surface area contributed by atoms with Crippen molar-refractivity contribution in [3.8, 4) is 5.75 Å². The lowest BCUT2D eigenvalue weighted by atomic mass is 10.1. The molecular weight excluding hydrogens is 233 g/mol. The number of thioether (sulfide) groups is 1. The molecule has 0 aliphatic heterocycles. The molecule has 16 heavy (non-hydrogen) atoms. The Bertz CT molecular complexity index is 411. The summed E-state index contributed by atoms with van der Waals surface area (Å²) in [6.07, 6.45) is 1.74. The van der Waals surface area contributed by atoms with Crippen LogP contribution in [0.1, 0.15) is 11.6 Å². The number of aliphatic carboxylic acids is 1. The summed E-state index contributed by atoms with van der Waals surface area (Å²) in [6, 6.07) is 1.07. The number of halogens is 1. The first kappa shape index (κ1) is 12.8. The van der Waals surface area contributed by atoms with Crippen LogP contribution in [0.5, 0.6) is 5.75 Å². The summed E-state index contributed by atoms with van der Waals surface area (Å²) < 4.78 is 18.3. The van der Waals surface area contributed by atoms with Crippen LogP contribution >= 0.6 is 11.8 Å². The summed E-state index contributed by atoms with van der Waals surface area (Å²) in [7, 11) is 1.39. The van der Waals surface area contributed by atoms with Gasteiger partial charge in [0.1, 0.15) is 17.6 Å². The maximum atomic E-state index is 13.2. The van der Waals surface area contributed by atoms with E-state index in [0.717, 1.165) is 6.07 Å². The van der Waals surface area contributed by atoms with Gasteiger partial charge in [0.15, 0.2) is 0 Å². The van der Waals surface area contributed by atoms with E-state index in [4.69, 9.17) is 15.6 Å². The molecule has 3 N–H and O–H groups in total. The minimum atomic E-state index is -1.29. The van der Waals surface area contributed by atoms with E-state index >= 15 is 0 Å². The van der Waals surface area contributed by atoms with Crippen LogP contribution in [-0.4, -0.2) is 24.4 Å². The van der Waals surface area contributed by atoms with E-state index in [1.165, 1.54) is 24.9 Å². The van der Waals surface area contributed by atoms with Crippen LogP contribution < -0.4 is 10.5 Å². The van der Waals surface area contributed by atoms with Gasteiger partial charge in [-0.15, -0.1) is 11.8 Å². The van der Waals surface area contributed by atoms with Gasteiger partial charge in [0, 0.05) is 5.56 Å². The highest BCUT2D eigenvalue weighted by atomic mass is 32.2. The van der Waals surface area contributed by atoms with Crippen molar-refractivity contribution in [1.29, 1.82) is 0 Å². The summed E-state index contributed by atoms with van der Waals surface area (Å²) in [5, 5.41) is 8.80. The van der Waals surface area contributed by atoms with E-state index in [1.54, 1.807) is 6.26 Å². The molecule has 0 aliphatic rings. The van der Waals surface area contributed by atoms with Crippen LogP contribution in [0.2, 0.25) is 0 Å². The van der Waals surface area contributed by atoms with E-state index < -0.39 is 17.8 Å². The normalized spacial score (nSPS) is 12.2. The molecule has 0 fully saturated rings. The van der Waals surface area contributed by atoms with Gasteiger partial charge in [0.25, 0.3) is 0 Å². The number of carboxylic acid groups (broad SMARTS) is 1. The average molecular weight is 245 g/mol. The molecular formula is C10H12FNO3S. The van der Waals surface area contributed by atoms with Gasteiger partial charge in [-0.1, -0.05) is 0 Å². The van der Waals surface area contributed by atoms with Crippen molar-refractivity contribution in [2.75, 3.05) is 13.4 Å². The number of benzene rings is 1. The Morgan fingerprint density at radius 1 is 1.62 bits per heavy atom. The first-order valence-electron chi connectivity index (χ1n) is 4.41. The number of ether oxygens (including phenoxy) is 1. The highest BCUT2D eigenvalue weighted by Gasteiger charge is 2.22. The molecule has 88 valence electrons. The predicted octanol–water partition coefficient (Wildman–Crippen LogP) is 1.64. The van der Waals surface area contributed by atoms with Crippen LogP contribution in [0, 0.1) is 5.82 Å². The van der Waals surface area contributed by atoms with Gasteiger partial charge in [-0.05, 0) is 18.4 Å². The summed E-state index contributed by atoms with van der Waals surface area (Å²) >= 11 is 1.26. The quantitative estimate of drug-likeness (QED) is 0.789. The van der Waals surface area contributed by atoms with E-state index in [0.29, 0.717) is 10.6 Å². The second kappa shape index (κ2) is 5.18. The van der Waals surface area contributed by atoms with E-state index in [1.807, 2.05) is 0 Å². The van der Waals surface area contributed by atoms with Gasteiger partial charge in [-0.3, -0.25) is 4.79 Å². The molecule has 1 aromatic carbocycles. The SMILES string of the molecule is COc1c(SC)cc(F)cc1C(N)C(=O)O. The Balaban J connectivity index is 3.35. The van der Waals surface area contributed by atoms with Crippen LogP contribution in [-0.2, 0) is 4.79 Å². The molecule has 1 rings (SSSR count). The van der Waals surface area contributed by atoms with Crippen molar-refractivity contribution in [3.63, 3.8) is 0 Å². The number of carboxylic acids is 1. The van der Waals surface area contributed by atoms with Crippen LogP contribution in [0.15, 0.2) is 17.0 Å². The van der Waals surface area contributed by atoms with Crippen LogP contribution in [0.3, 0.4) is 0 Å². The molecule has 0 heterocycles. The number of rotatable bonds is 4. The molecule has 0 aliphatic carbocycles. The van der Waals surface area contributed by atoms with Crippen molar-refractivity contribution in [3.05, 3.63) is 23.5 Å². The first-order valence-corrected chi connectivity index (χ1v) is 5.63. The molecule has 0 amide bonds. The van der Waals surface area contributed by atoms with Crippen molar-refractivity contribution in [2.24, 2.45) is 5.73 Å². The van der Waals surface area contributed by atoms with E-state index in [2.05, 4.69) is 0 Å².